The van der Waals surface area contributed by atoms with Crippen LogP contribution in [-0.2, 0) is 26.6 Å². The number of benzene rings is 2. The maximum absolute atomic E-state index is 13.1. The van der Waals surface area contributed by atoms with Crippen molar-refractivity contribution in [2.45, 2.75) is 52.1 Å². The highest BCUT2D eigenvalue weighted by Gasteiger charge is 2.35. The molecule has 0 radical (unpaired) electrons. The number of hydrogen-bond donors (Lipinski definition) is 0. The van der Waals surface area contributed by atoms with Crippen molar-refractivity contribution >= 4 is 27.3 Å². The van der Waals surface area contributed by atoms with E-state index in [1.165, 1.54) is 5.56 Å². The maximum atomic E-state index is 13.1. The molecule has 5 nitrogen and oxygen atoms in total. The lowest BCUT2D eigenvalue weighted by molar-refractivity contribution is -0.136. The number of halogens is 1. The van der Waals surface area contributed by atoms with Crippen LogP contribution in [-0.4, -0.2) is 43.4 Å². The van der Waals surface area contributed by atoms with Gasteiger partial charge in [-0.25, -0.2) is 8.42 Å². The molecular weight excluding hydrogens is 434 g/mol. The number of carbonyl (C=O) groups excluding carboxylic acids is 1. The largest absolute Gasteiger partial charge is 0.483 e. The highest BCUT2D eigenvalue weighted by atomic mass is 35.5. The second kappa shape index (κ2) is 9.21. The van der Waals surface area contributed by atoms with Crippen LogP contribution < -0.4 is 4.74 Å². The molecule has 1 fully saturated rings. The van der Waals surface area contributed by atoms with Gasteiger partial charge < -0.3 is 9.64 Å². The number of aryl methyl sites for hydroxylation is 1. The van der Waals surface area contributed by atoms with E-state index in [0.29, 0.717) is 23.7 Å². The molecule has 3 rings (SSSR count). The van der Waals surface area contributed by atoms with E-state index in [-0.39, 0.29) is 35.5 Å². The number of hydrogen-bond acceptors (Lipinski definition) is 4. The van der Waals surface area contributed by atoms with Crippen LogP contribution in [0, 0.1) is 6.92 Å². The average Bonchev–Trinajstić information content (AvgIpc) is 3.04. The van der Waals surface area contributed by atoms with Crippen molar-refractivity contribution in [2.75, 3.05) is 18.1 Å². The van der Waals surface area contributed by atoms with Crippen LogP contribution in [0.15, 0.2) is 42.5 Å². The Bertz CT molecular complexity index is 1040. The first-order chi connectivity index (χ1) is 14.4. The zero-order chi connectivity index (χ0) is 22.8. The number of sulfone groups is 1. The van der Waals surface area contributed by atoms with Crippen molar-refractivity contribution in [2.24, 2.45) is 0 Å². The van der Waals surface area contributed by atoms with Gasteiger partial charge in [0.25, 0.3) is 5.91 Å². The Labute approximate surface area is 190 Å². The molecule has 1 atom stereocenters. The summed E-state index contributed by atoms with van der Waals surface area (Å²) in [5.74, 6) is 0.475. The highest BCUT2D eigenvalue weighted by molar-refractivity contribution is 7.91. The van der Waals surface area contributed by atoms with E-state index >= 15 is 0 Å². The van der Waals surface area contributed by atoms with Crippen molar-refractivity contribution in [3.05, 3.63) is 64.2 Å². The summed E-state index contributed by atoms with van der Waals surface area (Å²) in [5.41, 5.74) is 3.05. The number of nitrogens with zero attached hydrogens (tertiary/aromatic N) is 1. The number of carbonyl (C=O) groups is 1. The van der Waals surface area contributed by atoms with Crippen LogP contribution in [0.4, 0.5) is 0 Å². The number of amides is 1. The third-order valence-electron chi connectivity index (χ3n) is 5.63. The normalized spacial score (nSPS) is 18.0. The predicted octanol–water partition coefficient (Wildman–Crippen LogP) is 4.54. The number of ether oxygens (including phenoxy) is 1. The fourth-order valence-electron chi connectivity index (χ4n) is 3.75. The molecule has 0 N–H and O–H groups in total. The van der Waals surface area contributed by atoms with E-state index in [2.05, 4.69) is 32.9 Å². The lowest BCUT2D eigenvalue weighted by Gasteiger charge is -2.29. The van der Waals surface area contributed by atoms with Crippen LogP contribution in [0.2, 0.25) is 5.02 Å². The minimum Gasteiger partial charge on any atom is -0.483 e. The zero-order valence-electron chi connectivity index (χ0n) is 18.5. The summed E-state index contributed by atoms with van der Waals surface area (Å²) in [4.78, 5) is 14.8. The van der Waals surface area contributed by atoms with E-state index in [1.807, 2.05) is 19.1 Å². The molecule has 0 aliphatic carbocycles. The van der Waals surface area contributed by atoms with Crippen molar-refractivity contribution in [3.63, 3.8) is 0 Å². The Morgan fingerprint density at radius 1 is 1.16 bits per heavy atom. The molecule has 1 saturated heterocycles. The van der Waals surface area contributed by atoms with Crippen molar-refractivity contribution in [3.8, 4) is 5.75 Å². The third kappa shape index (κ3) is 6.23. The first-order valence-corrected chi connectivity index (χ1v) is 12.6. The summed E-state index contributed by atoms with van der Waals surface area (Å²) in [6, 6.07) is 13.0. The lowest BCUT2D eigenvalue weighted by Crippen LogP contribution is -2.43. The second-order valence-corrected chi connectivity index (χ2v) is 11.9. The summed E-state index contributed by atoms with van der Waals surface area (Å²) < 4.78 is 29.8. The van der Waals surface area contributed by atoms with Gasteiger partial charge in [0.2, 0.25) is 0 Å². The highest BCUT2D eigenvalue weighted by Crippen LogP contribution is 2.25. The Kier molecular flexibility index (Phi) is 7.01. The van der Waals surface area contributed by atoms with E-state index in [1.54, 1.807) is 23.1 Å². The van der Waals surface area contributed by atoms with Gasteiger partial charge in [-0.05, 0) is 53.6 Å². The summed E-state index contributed by atoms with van der Waals surface area (Å²) >= 11 is 5.98. The molecule has 168 valence electrons. The molecule has 0 bridgehead atoms. The van der Waals surface area contributed by atoms with Gasteiger partial charge in [0.1, 0.15) is 5.75 Å². The molecule has 1 heterocycles. The van der Waals surface area contributed by atoms with Gasteiger partial charge in [-0.2, -0.15) is 0 Å². The van der Waals surface area contributed by atoms with Crippen LogP contribution in [0.3, 0.4) is 0 Å². The van der Waals surface area contributed by atoms with Gasteiger partial charge in [-0.3, -0.25) is 4.79 Å². The Morgan fingerprint density at radius 2 is 1.84 bits per heavy atom. The van der Waals surface area contributed by atoms with Gasteiger partial charge in [0, 0.05) is 17.6 Å². The van der Waals surface area contributed by atoms with Crippen molar-refractivity contribution in [1.82, 2.24) is 4.90 Å². The predicted molar refractivity (Wildman–Crippen MR) is 124 cm³/mol. The van der Waals surface area contributed by atoms with Gasteiger partial charge >= 0.3 is 0 Å². The summed E-state index contributed by atoms with van der Waals surface area (Å²) in [5, 5.41) is 0.604. The Morgan fingerprint density at radius 3 is 2.39 bits per heavy atom. The Balaban J connectivity index is 1.76. The first kappa shape index (κ1) is 23.6. The summed E-state index contributed by atoms with van der Waals surface area (Å²) in [7, 11) is -3.12. The van der Waals surface area contributed by atoms with E-state index in [0.717, 1.165) is 11.1 Å². The SMILES string of the molecule is Cc1cc(Cl)ccc1OCC(=O)N(Cc1ccc(C(C)(C)C)cc1)[C@@H]1CCS(=O)(=O)C1. The molecule has 2 aromatic carbocycles. The van der Waals surface area contributed by atoms with E-state index in [9.17, 15) is 13.2 Å². The third-order valence-corrected chi connectivity index (χ3v) is 7.62. The van der Waals surface area contributed by atoms with Gasteiger partial charge in [-0.1, -0.05) is 56.6 Å². The number of rotatable bonds is 6. The molecule has 1 aliphatic rings. The van der Waals surface area contributed by atoms with Gasteiger partial charge in [0.15, 0.2) is 16.4 Å². The monoisotopic (exact) mass is 463 g/mol. The van der Waals surface area contributed by atoms with Crippen molar-refractivity contribution in [1.29, 1.82) is 0 Å². The fourth-order valence-corrected chi connectivity index (χ4v) is 5.70. The molecule has 0 saturated carbocycles. The second-order valence-electron chi connectivity index (χ2n) is 9.22. The van der Waals surface area contributed by atoms with Crippen LogP contribution in [0.1, 0.15) is 43.9 Å². The van der Waals surface area contributed by atoms with Crippen LogP contribution >= 0.6 is 11.6 Å². The summed E-state index contributed by atoms with van der Waals surface area (Å²) in [6.07, 6.45) is 0.453. The van der Waals surface area contributed by atoms with E-state index < -0.39 is 9.84 Å². The minimum absolute atomic E-state index is 0.00120. The molecule has 31 heavy (non-hydrogen) atoms. The molecule has 0 unspecified atom stereocenters. The fraction of sp³-hybridized carbons (Fsp3) is 0.458. The Hall–Kier alpha value is -2.05. The van der Waals surface area contributed by atoms with Crippen LogP contribution in [0.5, 0.6) is 5.75 Å². The molecular formula is C24H30ClNO4S. The molecule has 7 heteroatoms. The molecule has 0 aromatic heterocycles. The minimum atomic E-state index is -3.12. The van der Waals surface area contributed by atoms with Gasteiger partial charge in [0.05, 0.1) is 11.5 Å². The quantitative estimate of drug-likeness (QED) is 0.630. The lowest BCUT2D eigenvalue weighted by atomic mass is 9.86. The van der Waals surface area contributed by atoms with Gasteiger partial charge in [-0.15, -0.1) is 0 Å². The average molecular weight is 464 g/mol. The molecule has 1 aliphatic heterocycles. The van der Waals surface area contributed by atoms with Crippen LogP contribution in [0.25, 0.3) is 0 Å². The summed E-state index contributed by atoms with van der Waals surface area (Å²) in [6.45, 7) is 8.52. The molecule has 1 amide bonds. The van der Waals surface area contributed by atoms with E-state index in [4.69, 9.17) is 16.3 Å². The molecule has 2 aromatic rings. The smallest absolute Gasteiger partial charge is 0.261 e. The maximum Gasteiger partial charge on any atom is 0.261 e. The van der Waals surface area contributed by atoms with Crippen molar-refractivity contribution < 1.29 is 17.9 Å². The standard InChI is InChI=1S/C24H30ClNO4S/c1-17-13-20(25)9-10-22(17)30-15-23(27)26(21-11-12-31(28,29)16-21)14-18-5-7-19(8-6-18)24(2,3)4/h5-10,13,21H,11-12,14-16H2,1-4H3/t21-/m1/s1. The first-order valence-electron chi connectivity index (χ1n) is 10.4. The topological polar surface area (TPSA) is 63.7 Å². The molecule has 0 spiro atoms. The zero-order valence-corrected chi connectivity index (χ0v) is 20.1.